The summed E-state index contributed by atoms with van der Waals surface area (Å²) in [4.78, 5) is 23.4. The molecule has 9 nitrogen and oxygen atoms in total. The number of nitrogens with zero attached hydrogens (tertiary/aromatic N) is 5. The number of benzene rings is 1. The molecule has 1 atom stereocenters. The molecule has 12 heteroatoms. The van der Waals surface area contributed by atoms with Crippen LogP contribution in [0.5, 0.6) is 5.75 Å². The van der Waals surface area contributed by atoms with E-state index in [0.29, 0.717) is 36.2 Å². The number of rotatable bonds is 7. The molecule has 186 valence electrons. The Hall–Kier alpha value is -3.83. The second-order valence-electron chi connectivity index (χ2n) is 8.71. The predicted octanol–water partition coefficient (Wildman–Crippen LogP) is 3.95. The zero-order chi connectivity index (χ0) is 25.3. The Labute approximate surface area is 200 Å². The average Bonchev–Trinajstić information content (AvgIpc) is 3.20. The normalized spacial score (nSPS) is 15.7. The lowest BCUT2D eigenvalue weighted by Crippen LogP contribution is -2.49. The predicted molar refractivity (Wildman–Crippen MR) is 124 cm³/mol. The third-order valence-corrected chi connectivity index (χ3v) is 5.61. The summed E-state index contributed by atoms with van der Waals surface area (Å²) in [6.07, 6.45) is -1.19. The number of likely N-dealkylation sites (N-methyl/N-ethyl adjacent to an activating group) is 1. The van der Waals surface area contributed by atoms with Gasteiger partial charge in [-0.05, 0) is 30.5 Å². The molecule has 0 bridgehead atoms. The van der Waals surface area contributed by atoms with Gasteiger partial charge >= 0.3 is 6.36 Å². The summed E-state index contributed by atoms with van der Waals surface area (Å²) in [7, 11) is 1.85. The number of halogens is 3. The Morgan fingerprint density at radius 1 is 1.17 bits per heavy atom. The fourth-order valence-electron chi connectivity index (χ4n) is 4.04. The molecule has 1 aromatic carbocycles. The minimum absolute atomic E-state index is 0.0719. The highest BCUT2D eigenvalue weighted by Crippen LogP contribution is 2.34. The Bertz CT molecular complexity index is 1210. The van der Waals surface area contributed by atoms with Crippen LogP contribution in [0.25, 0.3) is 0 Å². The second kappa shape index (κ2) is 9.43. The van der Waals surface area contributed by atoms with Crippen LogP contribution in [0.2, 0.25) is 0 Å². The number of ether oxygens (including phenoxy) is 1. The molecule has 0 radical (unpaired) electrons. The molecular weight excluding hydrogens is 463 g/mol. The van der Waals surface area contributed by atoms with Crippen molar-refractivity contribution in [2.24, 2.45) is 5.92 Å². The van der Waals surface area contributed by atoms with Crippen LogP contribution < -0.4 is 20.3 Å². The third kappa shape index (κ3) is 5.64. The lowest BCUT2D eigenvalue weighted by molar-refractivity contribution is -0.274. The van der Waals surface area contributed by atoms with Gasteiger partial charge in [0, 0.05) is 25.4 Å². The van der Waals surface area contributed by atoms with Crippen LogP contribution in [-0.4, -0.2) is 45.1 Å². The van der Waals surface area contributed by atoms with Gasteiger partial charge in [-0.3, -0.25) is 9.48 Å². The van der Waals surface area contributed by atoms with E-state index in [2.05, 4.69) is 30.4 Å². The van der Waals surface area contributed by atoms with Crippen LogP contribution in [0, 0.1) is 12.8 Å². The molecule has 0 spiro atoms. The molecule has 0 fully saturated rings. The van der Waals surface area contributed by atoms with Crippen molar-refractivity contribution < 1.29 is 22.7 Å². The van der Waals surface area contributed by atoms with Crippen LogP contribution in [0.4, 0.5) is 30.6 Å². The van der Waals surface area contributed by atoms with Crippen molar-refractivity contribution in [1.82, 2.24) is 19.7 Å². The Morgan fingerprint density at radius 2 is 1.89 bits per heavy atom. The van der Waals surface area contributed by atoms with Crippen molar-refractivity contribution in [1.29, 1.82) is 0 Å². The van der Waals surface area contributed by atoms with Gasteiger partial charge in [0.2, 0.25) is 11.9 Å². The van der Waals surface area contributed by atoms with E-state index >= 15 is 0 Å². The fraction of sp³-hybridized carbons (Fsp3) is 0.391. The molecule has 1 aliphatic heterocycles. The van der Waals surface area contributed by atoms with Gasteiger partial charge in [0.1, 0.15) is 17.5 Å². The van der Waals surface area contributed by atoms with E-state index in [4.69, 9.17) is 0 Å². The summed E-state index contributed by atoms with van der Waals surface area (Å²) in [5.74, 6) is 0.861. The van der Waals surface area contributed by atoms with Gasteiger partial charge in [0.05, 0.1) is 18.4 Å². The monoisotopic (exact) mass is 489 g/mol. The minimum Gasteiger partial charge on any atom is -0.406 e. The van der Waals surface area contributed by atoms with E-state index in [9.17, 15) is 18.0 Å². The first-order valence-corrected chi connectivity index (χ1v) is 11.0. The Balaban J connectivity index is 1.40. The van der Waals surface area contributed by atoms with Crippen molar-refractivity contribution in [3.63, 3.8) is 0 Å². The van der Waals surface area contributed by atoms with Crippen LogP contribution in [0.15, 0.2) is 36.7 Å². The van der Waals surface area contributed by atoms with Crippen molar-refractivity contribution in [3.8, 4) is 5.75 Å². The fourth-order valence-corrected chi connectivity index (χ4v) is 4.04. The van der Waals surface area contributed by atoms with Crippen LogP contribution >= 0.6 is 0 Å². The summed E-state index contributed by atoms with van der Waals surface area (Å²) in [5.41, 5.74) is 2.93. The third-order valence-electron chi connectivity index (χ3n) is 5.61. The molecule has 4 rings (SSSR count). The first-order chi connectivity index (χ1) is 16.5. The Morgan fingerprint density at radius 3 is 2.54 bits per heavy atom. The molecule has 0 saturated carbocycles. The number of hydrogen-bond donors (Lipinski definition) is 2. The maximum atomic E-state index is 12.5. The van der Waals surface area contributed by atoms with Gasteiger partial charge in [0.25, 0.3) is 0 Å². The summed E-state index contributed by atoms with van der Waals surface area (Å²) >= 11 is 0. The average molecular weight is 490 g/mol. The SMILES string of the molecule is Cc1nc(NCc2cnn(Cc3ccc(OC(F)(F)F)cc3)c2)nc2c1NC(=O)[C@H](C(C)C)N2C. The number of carbonyl (C=O) groups excluding carboxylic acids is 1. The van der Waals surface area contributed by atoms with Gasteiger partial charge in [-0.25, -0.2) is 4.98 Å². The highest BCUT2D eigenvalue weighted by molar-refractivity contribution is 6.03. The number of fused-ring (bicyclic) bond motifs is 1. The second-order valence-corrected chi connectivity index (χ2v) is 8.71. The number of alkyl halides is 3. The lowest BCUT2D eigenvalue weighted by atomic mass is 9.99. The van der Waals surface area contributed by atoms with Gasteiger partial charge in [-0.1, -0.05) is 26.0 Å². The number of aromatic nitrogens is 4. The van der Waals surface area contributed by atoms with Crippen molar-refractivity contribution >= 4 is 23.4 Å². The molecule has 0 aliphatic carbocycles. The minimum atomic E-state index is -4.72. The first kappa shape index (κ1) is 24.3. The van der Waals surface area contributed by atoms with Gasteiger partial charge < -0.3 is 20.3 Å². The van der Waals surface area contributed by atoms with E-state index in [1.165, 1.54) is 12.1 Å². The number of anilines is 3. The molecule has 1 aliphatic rings. The van der Waals surface area contributed by atoms with Crippen molar-refractivity contribution in [2.75, 3.05) is 22.6 Å². The standard InChI is InChI=1S/C23H26F3N7O2/c1-13(2)19-21(34)30-18-14(3)29-22(31-20(18)32(19)4)27-9-16-10-28-33(12-16)11-15-5-7-17(8-6-15)35-23(24,25)26/h5-8,10,12-13,19H,9,11H2,1-4H3,(H,30,34)(H,27,29,31)/t19-/m0/s1. The molecule has 2 N–H and O–H groups in total. The molecule has 0 saturated heterocycles. The van der Waals surface area contributed by atoms with E-state index in [1.54, 1.807) is 23.0 Å². The quantitative estimate of drug-likeness (QED) is 0.519. The highest BCUT2D eigenvalue weighted by atomic mass is 19.4. The molecule has 0 unspecified atom stereocenters. The zero-order valence-electron chi connectivity index (χ0n) is 19.7. The number of carbonyl (C=O) groups is 1. The highest BCUT2D eigenvalue weighted by Gasteiger charge is 2.35. The molecule has 3 heterocycles. The molecule has 35 heavy (non-hydrogen) atoms. The van der Waals surface area contributed by atoms with Gasteiger partial charge in [0.15, 0.2) is 5.82 Å². The van der Waals surface area contributed by atoms with Gasteiger partial charge in [-0.15, -0.1) is 13.2 Å². The summed E-state index contributed by atoms with van der Waals surface area (Å²) in [6, 6.07) is 5.34. The maximum Gasteiger partial charge on any atom is 0.573 e. The smallest absolute Gasteiger partial charge is 0.406 e. The van der Waals surface area contributed by atoms with Crippen molar-refractivity contribution in [2.45, 2.75) is 46.3 Å². The maximum absolute atomic E-state index is 12.5. The number of hydrogen-bond acceptors (Lipinski definition) is 7. The number of aryl methyl sites for hydroxylation is 1. The number of amides is 1. The van der Waals surface area contributed by atoms with Crippen molar-refractivity contribution in [3.05, 3.63) is 53.5 Å². The number of nitrogens with one attached hydrogen (secondary N) is 2. The summed E-state index contributed by atoms with van der Waals surface area (Å²) in [5, 5.41) is 10.4. The Kier molecular flexibility index (Phi) is 6.55. The summed E-state index contributed by atoms with van der Waals surface area (Å²) in [6.45, 7) is 6.60. The zero-order valence-corrected chi connectivity index (χ0v) is 19.7. The molecule has 2 aromatic heterocycles. The molecular formula is C23H26F3N7O2. The van der Waals surface area contributed by atoms with Crippen LogP contribution in [0.3, 0.4) is 0 Å². The van der Waals surface area contributed by atoms with E-state index in [0.717, 1.165) is 11.1 Å². The van der Waals surface area contributed by atoms with E-state index in [1.807, 2.05) is 38.9 Å². The van der Waals surface area contributed by atoms with E-state index < -0.39 is 6.36 Å². The van der Waals surface area contributed by atoms with Gasteiger partial charge in [-0.2, -0.15) is 10.1 Å². The van der Waals surface area contributed by atoms with Crippen LogP contribution in [-0.2, 0) is 17.9 Å². The molecule has 1 amide bonds. The largest absolute Gasteiger partial charge is 0.573 e. The first-order valence-electron chi connectivity index (χ1n) is 11.0. The van der Waals surface area contributed by atoms with Crippen LogP contribution in [0.1, 0.15) is 30.7 Å². The molecule has 3 aromatic rings. The topological polar surface area (TPSA) is 97.2 Å². The van der Waals surface area contributed by atoms with E-state index in [-0.39, 0.29) is 23.6 Å². The summed E-state index contributed by atoms with van der Waals surface area (Å²) < 4.78 is 42.5. The lowest BCUT2D eigenvalue weighted by Gasteiger charge is -2.36.